The van der Waals surface area contributed by atoms with Crippen molar-refractivity contribution in [1.29, 1.82) is 0 Å². The maximum absolute atomic E-state index is 2.48. The number of allylic oxidation sites excluding steroid dienone is 5. The Morgan fingerprint density at radius 3 is 2.34 bits per heavy atom. The maximum Gasteiger partial charge on any atom is 0.0574 e. The predicted molar refractivity (Wildman–Crippen MR) is 130 cm³/mol. The molecule has 152 valence electrons. The van der Waals surface area contributed by atoms with Crippen LogP contribution in [0.3, 0.4) is 0 Å². The van der Waals surface area contributed by atoms with E-state index in [4.69, 9.17) is 0 Å². The van der Waals surface area contributed by atoms with Crippen LogP contribution >= 0.6 is 11.8 Å². The van der Waals surface area contributed by atoms with Crippen LogP contribution in [0.1, 0.15) is 58.2 Å². The van der Waals surface area contributed by atoms with Crippen LogP contribution in [0.2, 0.25) is 0 Å². The van der Waals surface area contributed by atoms with Crippen LogP contribution in [0.5, 0.6) is 0 Å². The molecule has 0 saturated carbocycles. The van der Waals surface area contributed by atoms with E-state index in [1.54, 1.807) is 0 Å². The molecule has 0 aliphatic heterocycles. The molecule has 0 bridgehead atoms. The van der Waals surface area contributed by atoms with Crippen molar-refractivity contribution in [3.63, 3.8) is 0 Å². The van der Waals surface area contributed by atoms with Crippen molar-refractivity contribution in [2.75, 3.05) is 11.2 Å². The van der Waals surface area contributed by atoms with Gasteiger partial charge in [0.05, 0.1) is 6.04 Å². The van der Waals surface area contributed by atoms with Gasteiger partial charge in [-0.05, 0) is 72.9 Å². The van der Waals surface area contributed by atoms with E-state index in [0.29, 0.717) is 0 Å². The highest BCUT2D eigenvalue weighted by molar-refractivity contribution is 7.98. The second kappa shape index (κ2) is 9.09. The lowest BCUT2D eigenvalue weighted by Crippen LogP contribution is -2.26. The fourth-order valence-corrected chi connectivity index (χ4v) is 4.51. The number of anilines is 1. The van der Waals surface area contributed by atoms with Gasteiger partial charge in [-0.15, -0.1) is 11.8 Å². The molecule has 0 heterocycles. The normalized spacial score (nSPS) is 15.4. The number of nitrogens with zero attached hydrogens (tertiary/aromatic N) is 1. The summed E-state index contributed by atoms with van der Waals surface area (Å²) in [6.45, 7) is 11.3. The largest absolute Gasteiger partial charge is 0.334 e. The zero-order valence-corrected chi connectivity index (χ0v) is 19.4. The summed E-state index contributed by atoms with van der Waals surface area (Å²) >= 11 is 1.82. The van der Waals surface area contributed by atoms with Crippen molar-refractivity contribution in [2.24, 2.45) is 0 Å². The van der Waals surface area contributed by atoms with Crippen molar-refractivity contribution in [2.45, 2.75) is 57.4 Å². The summed E-state index contributed by atoms with van der Waals surface area (Å²) < 4.78 is 0. The van der Waals surface area contributed by atoms with Crippen molar-refractivity contribution in [3.05, 3.63) is 95.2 Å². The molecule has 29 heavy (non-hydrogen) atoms. The van der Waals surface area contributed by atoms with Crippen LogP contribution in [0.25, 0.3) is 0 Å². The molecule has 0 saturated heterocycles. The summed E-state index contributed by atoms with van der Waals surface area (Å²) in [6, 6.07) is 18.1. The van der Waals surface area contributed by atoms with Crippen LogP contribution < -0.4 is 4.90 Å². The third-order valence-electron chi connectivity index (χ3n) is 5.49. The first-order valence-corrected chi connectivity index (χ1v) is 11.6. The predicted octanol–water partition coefficient (Wildman–Crippen LogP) is 8.06. The van der Waals surface area contributed by atoms with Gasteiger partial charge in [0.1, 0.15) is 0 Å². The van der Waals surface area contributed by atoms with Gasteiger partial charge in [0.25, 0.3) is 0 Å². The minimum absolute atomic E-state index is 0.155. The van der Waals surface area contributed by atoms with Crippen molar-refractivity contribution in [3.8, 4) is 0 Å². The van der Waals surface area contributed by atoms with Crippen LogP contribution in [-0.4, -0.2) is 6.26 Å². The fraction of sp³-hybridized carbons (Fsp3) is 0.333. The second-order valence-electron chi connectivity index (χ2n) is 8.74. The number of benzene rings is 2. The van der Waals surface area contributed by atoms with Crippen LogP contribution in [0.15, 0.2) is 89.0 Å². The molecule has 2 aromatic carbocycles. The molecule has 1 unspecified atom stereocenters. The fourth-order valence-electron chi connectivity index (χ4n) is 3.82. The van der Waals surface area contributed by atoms with Gasteiger partial charge in [-0.3, -0.25) is 0 Å². The van der Waals surface area contributed by atoms with Crippen LogP contribution in [-0.2, 0) is 5.41 Å². The van der Waals surface area contributed by atoms with E-state index in [1.807, 2.05) is 11.8 Å². The molecule has 1 aliphatic carbocycles. The number of hydrogen-bond donors (Lipinski definition) is 0. The van der Waals surface area contributed by atoms with Gasteiger partial charge in [0, 0.05) is 16.3 Å². The Labute approximate surface area is 181 Å². The lowest BCUT2D eigenvalue weighted by molar-refractivity contribution is 0.590. The minimum atomic E-state index is 0.155. The van der Waals surface area contributed by atoms with Gasteiger partial charge in [-0.2, -0.15) is 0 Å². The first kappa shape index (κ1) is 21.5. The quantitative estimate of drug-likeness (QED) is 0.464. The molecule has 0 N–H and O–H groups in total. The van der Waals surface area contributed by atoms with Crippen molar-refractivity contribution in [1.82, 2.24) is 0 Å². The summed E-state index contributed by atoms with van der Waals surface area (Å²) in [4.78, 5) is 3.82. The molecule has 2 aromatic rings. The number of hydrogen-bond acceptors (Lipinski definition) is 2. The van der Waals surface area contributed by atoms with E-state index in [2.05, 4.69) is 119 Å². The molecule has 0 radical (unpaired) electrons. The van der Waals surface area contributed by atoms with Gasteiger partial charge in [-0.1, -0.05) is 69.3 Å². The zero-order valence-electron chi connectivity index (χ0n) is 18.6. The molecule has 3 rings (SSSR count). The van der Waals surface area contributed by atoms with E-state index in [-0.39, 0.29) is 11.5 Å². The van der Waals surface area contributed by atoms with Crippen molar-refractivity contribution >= 4 is 17.4 Å². The van der Waals surface area contributed by atoms with Crippen LogP contribution in [0, 0.1) is 0 Å². The molecular weight excluding hydrogens is 370 g/mol. The minimum Gasteiger partial charge on any atom is -0.334 e. The molecule has 0 aromatic heterocycles. The Morgan fingerprint density at radius 1 is 1.00 bits per heavy atom. The summed E-state index contributed by atoms with van der Waals surface area (Å²) in [7, 11) is 0. The molecule has 2 heteroatoms. The topological polar surface area (TPSA) is 3.24 Å². The third kappa shape index (κ3) is 5.05. The van der Waals surface area contributed by atoms with Crippen LogP contribution in [0.4, 0.5) is 5.69 Å². The Morgan fingerprint density at radius 2 is 1.69 bits per heavy atom. The molecule has 0 spiro atoms. The average molecular weight is 404 g/mol. The molecule has 0 amide bonds. The highest BCUT2D eigenvalue weighted by Gasteiger charge is 2.23. The average Bonchev–Trinajstić information content (AvgIpc) is 2.92. The smallest absolute Gasteiger partial charge is 0.0574 e. The molecule has 1 nitrogen and oxygen atoms in total. The van der Waals surface area contributed by atoms with E-state index < -0.39 is 0 Å². The number of rotatable bonds is 5. The van der Waals surface area contributed by atoms with Gasteiger partial charge >= 0.3 is 0 Å². The lowest BCUT2D eigenvalue weighted by Gasteiger charge is -2.34. The van der Waals surface area contributed by atoms with E-state index in [1.165, 1.54) is 33.0 Å². The summed E-state index contributed by atoms with van der Waals surface area (Å²) in [6.07, 6.45) is 12.2. The van der Waals surface area contributed by atoms with Gasteiger partial charge < -0.3 is 4.90 Å². The Bertz CT molecular complexity index is 926. The summed E-state index contributed by atoms with van der Waals surface area (Å²) in [5, 5.41) is 0. The van der Waals surface area contributed by atoms with E-state index >= 15 is 0 Å². The first-order valence-electron chi connectivity index (χ1n) is 10.4. The second-order valence-corrected chi connectivity index (χ2v) is 9.59. The Kier molecular flexibility index (Phi) is 6.74. The van der Waals surface area contributed by atoms with Gasteiger partial charge in [0.2, 0.25) is 0 Å². The Hall–Kier alpha value is -2.19. The van der Waals surface area contributed by atoms with E-state index in [0.717, 1.165) is 6.42 Å². The molecular formula is C27H33NS. The van der Waals surface area contributed by atoms with E-state index in [9.17, 15) is 0 Å². The number of thioether (sulfide) groups is 1. The SMILES string of the molecule is CSc1ccccc1C(C)N(C1=CCC=CC(C)=C1)c1ccc(C(C)(C)C)cc1. The third-order valence-corrected chi connectivity index (χ3v) is 6.30. The summed E-state index contributed by atoms with van der Waals surface area (Å²) in [5.41, 5.74) is 6.67. The standard InChI is InChI=1S/C27H33NS/c1-20-11-7-8-12-24(19-20)28(21(2)25-13-9-10-14-26(25)29-6)23-17-15-22(16-18-23)27(3,4)5/h7,9-19,21H,8H2,1-6H3. The molecule has 1 aliphatic rings. The highest BCUT2D eigenvalue weighted by atomic mass is 32.2. The van der Waals surface area contributed by atoms with Gasteiger partial charge in [0.15, 0.2) is 0 Å². The Balaban J connectivity index is 2.09. The van der Waals surface area contributed by atoms with Gasteiger partial charge in [-0.25, -0.2) is 0 Å². The van der Waals surface area contributed by atoms with Crippen molar-refractivity contribution < 1.29 is 0 Å². The summed E-state index contributed by atoms with van der Waals surface area (Å²) in [5.74, 6) is 0. The zero-order chi connectivity index (χ0) is 21.0. The first-order chi connectivity index (χ1) is 13.8. The highest BCUT2D eigenvalue weighted by Crippen LogP contribution is 2.37. The monoisotopic (exact) mass is 403 g/mol. The molecule has 0 fully saturated rings. The maximum atomic E-state index is 2.48. The molecule has 1 atom stereocenters. The lowest BCUT2D eigenvalue weighted by atomic mass is 9.87.